The van der Waals surface area contributed by atoms with E-state index in [-0.39, 0.29) is 23.8 Å². The van der Waals surface area contributed by atoms with Gasteiger partial charge in [0.15, 0.2) is 11.5 Å². The van der Waals surface area contributed by atoms with Gasteiger partial charge in [-0.05, 0) is 42.7 Å². The smallest absolute Gasteiger partial charge is 0.302 e. The van der Waals surface area contributed by atoms with Crippen LogP contribution in [0.15, 0.2) is 57.9 Å². The number of para-hydroxylation sites is 2. The highest BCUT2D eigenvalue weighted by molar-refractivity contribution is 6.30. The molecule has 0 spiro atoms. The van der Waals surface area contributed by atoms with E-state index in [1.54, 1.807) is 0 Å². The Morgan fingerprint density at radius 2 is 2.07 bits per heavy atom. The third kappa shape index (κ3) is 3.14. The van der Waals surface area contributed by atoms with Crippen LogP contribution in [0.1, 0.15) is 30.9 Å². The van der Waals surface area contributed by atoms with Gasteiger partial charge in [-0.2, -0.15) is 4.98 Å². The average Bonchev–Trinajstić information content (AvgIpc) is 3.10. The number of oxazole rings is 1. The minimum atomic E-state index is -0.287. The zero-order valence-electron chi connectivity index (χ0n) is 15.1. The van der Waals surface area contributed by atoms with E-state index in [9.17, 15) is 4.79 Å². The van der Waals surface area contributed by atoms with Crippen LogP contribution < -0.4 is 10.6 Å². The molecule has 3 unspecified atom stereocenters. The standard InChI is InChI=1S/C21H19ClN4O2/c22-13-6-3-5-12(11-13)19-18-15(8-4-9-16(18)27)23-20(25-19)26-21-24-14-7-1-2-10-17(14)28-21/h1-3,5-7,10-11,15,18-19H,4,8-9H2,(H2,23,24,25,26). The van der Waals surface area contributed by atoms with Crippen molar-refractivity contribution in [3.63, 3.8) is 0 Å². The Labute approximate surface area is 167 Å². The van der Waals surface area contributed by atoms with Gasteiger partial charge in [0, 0.05) is 17.5 Å². The Bertz CT molecular complexity index is 1040. The summed E-state index contributed by atoms with van der Waals surface area (Å²) >= 11 is 6.20. The van der Waals surface area contributed by atoms with E-state index in [0.717, 1.165) is 23.9 Å². The molecule has 0 amide bonds. The molecule has 0 bridgehead atoms. The first-order chi connectivity index (χ1) is 13.7. The molecule has 3 atom stereocenters. The first-order valence-corrected chi connectivity index (χ1v) is 9.80. The molecule has 0 radical (unpaired) electrons. The predicted octanol–water partition coefficient (Wildman–Crippen LogP) is 4.33. The lowest BCUT2D eigenvalue weighted by molar-refractivity contribution is -0.126. The maximum atomic E-state index is 12.7. The largest absolute Gasteiger partial charge is 0.423 e. The predicted molar refractivity (Wildman–Crippen MR) is 109 cm³/mol. The van der Waals surface area contributed by atoms with Crippen LogP contribution in [0.2, 0.25) is 5.02 Å². The van der Waals surface area contributed by atoms with Gasteiger partial charge in [0.25, 0.3) is 0 Å². The number of benzene rings is 2. The van der Waals surface area contributed by atoms with Crippen LogP contribution in [-0.2, 0) is 4.79 Å². The zero-order chi connectivity index (χ0) is 19.1. The van der Waals surface area contributed by atoms with Crippen molar-refractivity contribution >= 4 is 40.5 Å². The van der Waals surface area contributed by atoms with Crippen LogP contribution >= 0.6 is 11.6 Å². The van der Waals surface area contributed by atoms with Crippen molar-refractivity contribution in [2.45, 2.75) is 31.3 Å². The van der Waals surface area contributed by atoms with Crippen LogP contribution in [0, 0.1) is 5.92 Å². The maximum absolute atomic E-state index is 12.7. The molecule has 1 saturated carbocycles. The number of carbonyl (C=O) groups excluding carboxylic acids is 1. The molecule has 2 aliphatic rings. The fourth-order valence-electron chi connectivity index (χ4n) is 4.12. The van der Waals surface area contributed by atoms with Gasteiger partial charge in [0.2, 0.25) is 0 Å². The van der Waals surface area contributed by atoms with Gasteiger partial charge >= 0.3 is 6.01 Å². The number of fused-ring (bicyclic) bond motifs is 2. The van der Waals surface area contributed by atoms with E-state index in [0.29, 0.717) is 29.0 Å². The van der Waals surface area contributed by atoms with Crippen LogP contribution in [0.3, 0.4) is 0 Å². The molecular formula is C21H19ClN4O2. The van der Waals surface area contributed by atoms with Gasteiger partial charge in [-0.15, -0.1) is 0 Å². The molecular weight excluding hydrogens is 376 g/mol. The number of aromatic nitrogens is 1. The molecule has 1 aromatic heterocycles. The van der Waals surface area contributed by atoms with Crippen LogP contribution in [0.25, 0.3) is 11.1 Å². The summed E-state index contributed by atoms with van der Waals surface area (Å²) in [6.45, 7) is 0. The average molecular weight is 395 g/mol. The second kappa shape index (κ2) is 6.95. The van der Waals surface area contributed by atoms with E-state index >= 15 is 0 Å². The van der Waals surface area contributed by atoms with Crippen molar-refractivity contribution < 1.29 is 9.21 Å². The highest BCUT2D eigenvalue weighted by Crippen LogP contribution is 2.38. The van der Waals surface area contributed by atoms with Gasteiger partial charge in [0.1, 0.15) is 11.3 Å². The molecule has 7 heteroatoms. The van der Waals surface area contributed by atoms with E-state index in [1.165, 1.54) is 0 Å². The second-order valence-corrected chi connectivity index (χ2v) is 7.66. The number of hydrogen-bond donors (Lipinski definition) is 2. The van der Waals surface area contributed by atoms with Gasteiger partial charge in [-0.1, -0.05) is 35.9 Å². The van der Waals surface area contributed by atoms with Gasteiger partial charge in [0.05, 0.1) is 12.0 Å². The summed E-state index contributed by atoms with van der Waals surface area (Å²) in [5.74, 6) is 0.618. The minimum absolute atomic E-state index is 0.0228. The zero-order valence-corrected chi connectivity index (χ0v) is 15.8. The number of nitrogens with one attached hydrogen (secondary N) is 2. The fraction of sp³-hybridized carbons (Fsp3) is 0.286. The first-order valence-electron chi connectivity index (χ1n) is 9.42. The molecule has 1 fully saturated rings. The summed E-state index contributed by atoms with van der Waals surface area (Å²) in [7, 11) is 0. The molecule has 142 valence electrons. The number of Topliss-reactive ketones (excluding diaryl/α,β-unsaturated/α-hetero) is 1. The summed E-state index contributed by atoms with van der Waals surface area (Å²) in [4.78, 5) is 21.9. The highest BCUT2D eigenvalue weighted by atomic mass is 35.5. The minimum Gasteiger partial charge on any atom is -0.423 e. The molecule has 28 heavy (non-hydrogen) atoms. The summed E-state index contributed by atoms with van der Waals surface area (Å²) in [5.41, 5.74) is 2.42. The second-order valence-electron chi connectivity index (χ2n) is 7.22. The van der Waals surface area contributed by atoms with Crippen molar-refractivity contribution in [3.8, 4) is 0 Å². The third-order valence-corrected chi connectivity index (χ3v) is 5.62. The fourth-order valence-corrected chi connectivity index (χ4v) is 4.32. The Balaban J connectivity index is 1.51. The van der Waals surface area contributed by atoms with E-state index in [2.05, 4.69) is 15.6 Å². The molecule has 3 aromatic rings. The van der Waals surface area contributed by atoms with E-state index in [4.69, 9.17) is 21.0 Å². The molecule has 2 aromatic carbocycles. The highest BCUT2D eigenvalue weighted by Gasteiger charge is 2.42. The molecule has 2 N–H and O–H groups in total. The Kier molecular flexibility index (Phi) is 4.28. The quantitative estimate of drug-likeness (QED) is 0.676. The number of anilines is 1. The van der Waals surface area contributed by atoms with E-state index < -0.39 is 0 Å². The van der Waals surface area contributed by atoms with Crippen molar-refractivity contribution in [1.82, 2.24) is 10.3 Å². The Morgan fingerprint density at radius 1 is 1.18 bits per heavy atom. The van der Waals surface area contributed by atoms with Crippen LogP contribution in [-0.4, -0.2) is 22.8 Å². The molecule has 1 aliphatic heterocycles. The number of hydrogen-bond acceptors (Lipinski definition) is 6. The monoisotopic (exact) mass is 394 g/mol. The molecule has 2 heterocycles. The number of rotatable bonds is 2. The number of guanidine groups is 1. The van der Waals surface area contributed by atoms with Gasteiger partial charge in [-0.25, -0.2) is 4.99 Å². The van der Waals surface area contributed by atoms with Crippen molar-refractivity contribution in [2.24, 2.45) is 10.9 Å². The lowest BCUT2D eigenvalue weighted by atomic mass is 9.76. The summed E-state index contributed by atoms with van der Waals surface area (Å²) < 4.78 is 5.76. The van der Waals surface area contributed by atoms with Crippen molar-refractivity contribution in [3.05, 3.63) is 59.1 Å². The number of aliphatic imine (C=N–C) groups is 1. The number of halogens is 1. The van der Waals surface area contributed by atoms with Gasteiger partial charge in [-0.3, -0.25) is 10.1 Å². The lowest BCUT2D eigenvalue weighted by Gasteiger charge is -2.39. The summed E-state index contributed by atoms with van der Waals surface area (Å²) in [5, 5.41) is 7.17. The number of nitrogens with zero attached hydrogens (tertiary/aromatic N) is 2. The van der Waals surface area contributed by atoms with Crippen LogP contribution in [0.4, 0.5) is 6.01 Å². The molecule has 6 nitrogen and oxygen atoms in total. The summed E-state index contributed by atoms with van der Waals surface area (Å²) in [6, 6.07) is 15.3. The van der Waals surface area contributed by atoms with E-state index in [1.807, 2.05) is 48.5 Å². The van der Waals surface area contributed by atoms with Crippen molar-refractivity contribution in [2.75, 3.05) is 5.32 Å². The first kappa shape index (κ1) is 17.3. The number of carbonyl (C=O) groups is 1. The number of ketones is 1. The summed E-state index contributed by atoms with van der Waals surface area (Å²) in [6.07, 6.45) is 2.40. The normalized spacial score (nSPS) is 24.4. The third-order valence-electron chi connectivity index (χ3n) is 5.38. The Morgan fingerprint density at radius 3 is 2.93 bits per heavy atom. The maximum Gasteiger partial charge on any atom is 0.302 e. The topological polar surface area (TPSA) is 79.5 Å². The Hall–Kier alpha value is -2.86. The van der Waals surface area contributed by atoms with Crippen molar-refractivity contribution in [1.29, 1.82) is 0 Å². The lowest BCUT2D eigenvalue weighted by Crippen LogP contribution is -2.53. The van der Waals surface area contributed by atoms with Crippen LogP contribution in [0.5, 0.6) is 0 Å². The molecule has 1 aliphatic carbocycles. The molecule has 5 rings (SSSR count). The SMILES string of the molecule is O=C1CCCC2NC(Nc3nc4ccccc4o3)=NC(c3cccc(Cl)c3)C12. The van der Waals surface area contributed by atoms with Gasteiger partial charge < -0.3 is 9.73 Å². The molecule has 0 saturated heterocycles.